The lowest BCUT2D eigenvalue weighted by molar-refractivity contribution is -0.124. The molecule has 0 aromatic heterocycles. The lowest BCUT2D eigenvalue weighted by Crippen LogP contribution is -2.32. The molecule has 0 aliphatic rings. The van der Waals surface area contributed by atoms with E-state index < -0.39 is 10.0 Å². The first-order valence-corrected chi connectivity index (χ1v) is 8.02. The van der Waals surface area contributed by atoms with Gasteiger partial charge >= 0.3 is 0 Å². The lowest BCUT2D eigenvalue weighted by atomic mass is 10.00. The molecule has 0 saturated carbocycles. The number of nitrogens with two attached hydrogens (primary N) is 1. The van der Waals surface area contributed by atoms with Gasteiger partial charge in [-0.15, -0.1) is 0 Å². The van der Waals surface area contributed by atoms with Crippen LogP contribution >= 0.6 is 0 Å². The fourth-order valence-electron chi connectivity index (χ4n) is 1.75. The fourth-order valence-corrected chi connectivity index (χ4v) is 2.29. The molecule has 0 heterocycles. The Hall–Kier alpha value is -1.47. The third-order valence-corrected chi connectivity index (χ3v) is 3.69. The van der Waals surface area contributed by atoms with Crippen molar-refractivity contribution in [3.05, 3.63) is 35.6 Å². The van der Waals surface area contributed by atoms with E-state index in [0.717, 1.165) is 0 Å². The minimum Gasteiger partial charge on any atom is -0.356 e. The highest BCUT2D eigenvalue weighted by Crippen LogP contribution is 2.12. The number of primary sulfonamides is 1. The van der Waals surface area contributed by atoms with E-state index in [0.29, 0.717) is 12.0 Å². The molecule has 1 aromatic carbocycles. The van der Waals surface area contributed by atoms with Crippen LogP contribution < -0.4 is 10.5 Å². The maximum atomic E-state index is 13.4. The van der Waals surface area contributed by atoms with Crippen molar-refractivity contribution in [1.82, 2.24) is 5.32 Å². The minimum absolute atomic E-state index is 0.172. The van der Waals surface area contributed by atoms with Gasteiger partial charge in [-0.1, -0.05) is 25.1 Å². The Balaban J connectivity index is 2.38. The molecule has 0 spiro atoms. The summed E-state index contributed by atoms with van der Waals surface area (Å²) >= 11 is 0. The number of amides is 1. The summed E-state index contributed by atoms with van der Waals surface area (Å²) in [4.78, 5) is 11.8. The third kappa shape index (κ3) is 6.12. The normalized spacial score (nSPS) is 12.9. The summed E-state index contributed by atoms with van der Waals surface area (Å²) in [6, 6.07) is 6.30. The van der Waals surface area contributed by atoms with Gasteiger partial charge in [0.05, 0.1) is 5.75 Å². The number of rotatable bonds is 7. The van der Waals surface area contributed by atoms with Gasteiger partial charge in [0.15, 0.2) is 0 Å². The Labute approximate surface area is 118 Å². The zero-order valence-corrected chi connectivity index (χ0v) is 12.1. The molecule has 5 nitrogen and oxygen atoms in total. The highest BCUT2D eigenvalue weighted by molar-refractivity contribution is 7.89. The second kappa shape index (κ2) is 7.35. The number of carbonyl (C=O) groups excluding carboxylic acids is 1. The molecule has 0 unspecified atom stereocenters. The first-order chi connectivity index (χ1) is 9.29. The van der Waals surface area contributed by atoms with E-state index in [9.17, 15) is 17.6 Å². The number of hydrogen-bond acceptors (Lipinski definition) is 3. The first kappa shape index (κ1) is 16.6. The van der Waals surface area contributed by atoms with Gasteiger partial charge in [-0.2, -0.15) is 0 Å². The predicted octanol–water partition coefficient (Wildman–Crippen LogP) is 0.799. The van der Waals surface area contributed by atoms with E-state index in [1.54, 1.807) is 25.1 Å². The highest BCUT2D eigenvalue weighted by Gasteiger charge is 2.15. The van der Waals surface area contributed by atoms with Gasteiger partial charge in [0.25, 0.3) is 0 Å². The van der Waals surface area contributed by atoms with E-state index >= 15 is 0 Å². The number of benzene rings is 1. The minimum atomic E-state index is -3.50. The summed E-state index contributed by atoms with van der Waals surface area (Å²) in [5, 5.41) is 7.46. The van der Waals surface area contributed by atoms with Crippen LogP contribution in [0, 0.1) is 11.7 Å². The van der Waals surface area contributed by atoms with Crippen LogP contribution in [-0.2, 0) is 21.2 Å². The molecule has 0 fully saturated rings. The van der Waals surface area contributed by atoms with Crippen molar-refractivity contribution in [1.29, 1.82) is 0 Å². The summed E-state index contributed by atoms with van der Waals surface area (Å²) in [5.41, 5.74) is 0.486. The van der Waals surface area contributed by atoms with Gasteiger partial charge in [-0.3, -0.25) is 4.79 Å². The average Bonchev–Trinajstić information content (AvgIpc) is 2.36. The quantitative estimate of drug-likeness (QED) is 0.730. The second-order valence-electron chi connectivity index (χ2n) is 4.71. The van der Waals surface area contributed by atoms with Gasteiger partial charge in [-0.25, -0.2) is 17.9 Å². The van der Waals surface area contributed by atoms with E-state index in [2.05, 4.69) is 5.32 Å². The van der Waals surface area contributed by atoms with Crippen LogP contribution in [0.2, 0.25) is 0 Å². The molecular formula is C13H19FN2O3S. The first-order valence-electron chi connectivity index (χ1n) is 6.31. The van der Waals surface area contributed by atoms with Gasteiger partial charge in [0, 0.05) is 12.5 Å². The van der Waals surface area contributed by atoms with Gasteiger partial charge in [0.2, 0.25) is 15.9 Å². The molecule has 1 rings (SSSR count). The van der Waals surface area contributed by atoms with E-state index in [1.165, 1.54) is 6.07 Å². The number of hydrogen-bond donors (Lipinski definition) is 2. The van der Waals surface area contributed by atoms with Crippen LogP contribution in [0.25, 0.3) is 0 Å². The van der Waals surface area contributed by atoms with Gasteiger partial charge in [0.1, 0.15) is 5.82 Å². The van der Waals surface area contributed by atoms with Crippen molar-refractivity contribution in [2.24, 2.45) is 11.1 Å². The molecule has 20 heavy (non-hydrogen) atoms. The van der Waals surface area contributed by atoms with Crippen LogP contribution in [0.1, 0.15) is 18.9 Å². The van der Waals surface area contributed by atoms with E-state index in [4.69, 9.17) is 5.14 Å². The van der Waals surface area contributed by atoms with E-state index in [1.807, 2.05) is 0 Å². The van der Waals surface area contributed by atoms with Crippen molar-refractivity contribution in [2.75, 3.05) is 12.3 Å². The Morgan fingerprint density at radius 2 is 2.05 bits per heavy atom. The highest BCUT2D eigenvalue weighted by atomic mass is 32.2. The van der Waals surface area contributed by atoms with Crippen molar-refractivity contribution < 1.29 is 17.6 Å². The molecule has 0 radical (unpaired) electrons. The number of nitrogens with one attached hydrogen (secondary N) is 1. The Kier molecular flexibility index (Phi) is 6.09. The predicted molar refractivity (Wildman–Crippen MR) is 74.9 cm³/mol. The smallest absolute Gasteiger partial charge is 0.223 e. The summed E-state index contributed by atoms with van der Waals surface area (Å²) in [6.45, 7) is 1.93. The summed E-state index contributed by atoms with van der Waals surface area (Å²) in [5.74, 6) is -1.12. The third-order valence-electron chi connectivity index (χ3n) is 2.84. The number of sulfonamides is 1. The van der Waals surface area contributed by atoms with Gasteiger partial charge < -0.3 is 5.32 Å². The van der Waals surface area contributed by atoms with Crippen LogP contribution in [0.3, 0.4) is 0 Å². The Morgan fingerprint density at radius 1 is 1.40 bits per heavy atom. The van der Waals surface area contributed by atoms with Crippen LogP contribution in [0.5, 0.6) is 0 Å². The average molecular weight is 302 g/mol. The molecular weight excluding hydrogens is 283 g/mol. The Morgan fingerprint density at radius 3 is 2.65 bits per heavy atom. The summed E-state index contributed by atoms with van der Waals surface area (Å²) in [7, 11) is -3.50. The van der Waals surface area contributed by atoms with Crippen LogP contribution in [0.4, 0.5) is 4.39 Å². The van der Waals surface area contributed by atoms with Gasteiger partial charge in [-0.05, 0) is 24.5 Å². The maximum Gasteiger partial charge on any atom is 0.223 e. The fraction of sp³-hybridized carbons (Fsp3) is 0.462. The second-order valence-corrected chi connectivity index (χ2v) is 6.44. The van der Waals surface area contributed by atoms with Crippen molar-refractivity contribution >= 4 is 15.9 Å². The van der Waals surface area contributed by atoms with Crippen LogP contribution in [0.15, 0.2) is 24.3 Å². The number of carbonyl (C=O) groups is 1. The zero-order chi connectivity index (χ0) is 15.2. The molecule has 0 aliphatic carbocycles. The molecule has 112 valence electrons. The van der Waals surface area contributed by atoms with Crippen molar-refractivity contribution in [3.8, 4) is 0 Å². The molecule has 0 bridgehead atoms. The standard InChI is InChI=1S/C13H19FN2O3S/c1-10(9-11-5-2-3-6-12(11)14)13(17)16-7-4-8-20(15,18)19/h2-3,5-6,10H,4,7-9H2,1H3,(H,16,17)(H2,15,18,19)/t10-/m1/s1. The number of halogens is 1. The lowest BCUT2D eigenvalue weighted by Gasteiger charge is -2.12. The molecule has 0 saturated heterocycles. The zero-order valence-electron chi connectivity index (χ0n) is 11.3. The molecule has 1 atom stereocenters. The maximum absolute atomic E-state index is 13.4. The molecule has 3 N–H and O–H groups in total. The topological polar surface area (TPSA) is 89.3 Å². The monoisotopic (exact) mass is 302 g/mol. The van der Waals surface area contributed by atoms with Crippen LogP contribution in [-0.4, -0.2) is 26.6 Å². The van der Waals surface area contributed by atoms with Crippen molar-refractivity contribution in [3.63, 3.8) is 0 Å². The Bertz CT molecular complexity index is 560. The van der Waals surface area contributed by atoms with Crippen molar-refractivity contribution in [2.45, 2.75) is 19.8 Å². The SMILES string of the molecule is C[C@H](Cc1ccccc1F)C(=O)NCCCS(N)(=O)=O. The summed E-state index contributed by atoms with van der Waals surface area (Å²) < 4.78 is 34.9. The molecule has 0 aliphatic heterocycles. The largest absolute Gasteiger partial charge is 0.356 e. The molecule has 1 amide bonds. The molecule has 1 aromatic rings. The molecule has 7 heteroatoms. The summed E-state index contributed by atoms with van der Waals surface area (Å²) in [6.07, 6.45) is 0.560. The van der Waals surface area contributed by atoms with E-state index in [-0.39, 0.29) is 36.4 Å².